The monoisotopic (exact) mass is 393 g/mol. The molecule has 6 nitrogen and oxygen atoms in total. The molecule has 2 amide bonds. The van der Waals surface area contributed by atoms with Crippen molar-refractivity contribution in [2.45, 2.75) is 31.7 Å². The van der Waals surface area contributed by atoms with Gasteiger partial charge in [0, 0.05) is 36.9 Å². The van der Waals surface area contributed by atoms with Gasteiger partial charge in [-0.05, 0) is 42.2 Å². The van der Waals surface area contributed by atoms with E-state index in [4.69, 9.17) is 4.74 Å². The number of amides is 2. The fraction of sp³-hybridized carbons (Fsp3) is 0.391. The Hall–Kier alpha value is -2.70. The first-order valence-corrected chi connectivity index (χ1v) is 10.3. The van der Waals surface area contributed by atoms with E-state index < -0.39 is 0 Å². The summed E-state index contributed by atoms with van der Waals surface area (Å²) in [6.45, 7) is 2.81. The fourth-order valence-electron chi connectivity index (χ4n) is 3.96. The lowest BCUT2D eigenvalue weighted by atomic mass is 10.0. The van der Waals surface area contributed by atoms with Crippen LogP contribution in [-0.2, 0) is 27.2 Å². The average molecular weight is 393 g/mol. The number of benzene rings is 2. The van der Waals surface area contributed by atoms with Crippen LogP contribution in [0.25, 0.3) is 0 Å². The summed E-state index contributed by atoms with van der Waals surface area (Å²) in [4.78, 5) is 26.9. The number of rotatable bonds is 5. The van der Waals surface area contributed by atoms with Gasteiger partial charge in [0.2, 0.25) is 11.8 Å². The minimum Gasteiger partial charge on any atom is -0.378 e. The van der Waals surface area contributed by atoms with Crippen molar-refractivity contribution in [1.29, 1.82) is 0 Å². The highest BCUT2D eigenvalue weighted by molar-refractivity contribution is 5.96. The third-order valence-corrected chi connectivity index (χ3v) is 5.43. The molecule has 1 saturated heterocycles. The van der Waals surface area contributed by atoms with E-state index in [1.165, 1.54) is 5.56 Å². The molecule has 29 heavy (non-hydrogen) atoms. The average Bonchev–Trinajstić information content (AvgIpc) is 2.75. The van der Waals surface area contributed by atoms with Gasteiger partial charge in [-0.25, -0.2) is 0 Å². The molecule has 0 aromatic heterocycles. The number of hydrogen-bond donors (Lipinski definition) is 2. The molecule has 0 radical (unpaired) electrons. The van der Waals surface area contributed by atoms with Gasteiger partial charge in [-0.15, -0.1) is 0 Å². The van der Waals surface area contributed by atoms with Crippen LogP contribution in [0.15, 0.2) is 48.5 Å². The van der Waals surface area contributed by atoms with Crippen LogP contribution in [-0.4, -0.2) is 44.2 Å². The summed E-state index contributed by atoms with van der Waals surface area (Å²) in [7, 11) is 0. The van der Waals surface area contributed by atoms with Gasteiger partial charge in [-0.1, -0.05) is 30.3 Å². The molecule has 1 fully saturated rings. The third kappa shape index (κ3) is 5.02. The molecule has 0 aliphatic carbocycles. The zero-order chi connectivity index (χ0) is 20.1. The van der Waals surface area contributed by atoms with Gasteiger partial charge in [-0.3, -0.25) is 9.59 Å². The number of para-hydroxylation sites is 1. The molecule has 152 valence electrons. The number of anilines is 2. The molecule has 2 N–H and O–H groups in total. The summed E-state index contributed by atoms with van der Waals surface area (Å²) in [6, 6.07) is 15.7. The van der Waals surface area contributed by atoms with E-state index in [9.17, 15) is 9.59 Å². The highest BCUT2D eigenvalue weighted by Gasteiger charge is 2.22. The number of carbonyl (C=O) groups excluding carboxylic acids is 2. The van der Waals surface area contributed by atoms with Gasteiger partial charge in [0.05, 0.1) is 19.6 Å². The number of nitrogens with one attached hydrogen (secondary N) is 2. The van der Waals surface area contributed by atoms with E-state index in [2.05, 4.69) is 16.7 Å². The second-order valence-electron chi connectivity index (χ2n) is 7.63. The number of aryl methyl sites for hydroxylation is 1. The molecule has 1 atom stereocenters. The van der Waals surface area contributed by atoms with Crippen molar-refractivity contribution in [3.63, 3.8) is 0 Å². The standard InChI is InChI=1S/C23H27N3O3/c27-22(15-20-16-29-13-11-24-20)25-19-9-7-17(8-10-19)14-23(28)26-12-3-5-18-4-1-2-6-21(18)26/h1-2,4,6-10,20,24H,3,5,11-16H2,(H,25,27). The number of fused-ring (bicyclic) bond motifs is 1. The van der Waals surface area contributed by atoms with Gasteiger partial charge < -0.3 is 20.3 Å². The van der Waals surface area contributed by atoms with Gasteiger partial charge in [-0.2, -0.15) is 0 Å². The smallest absolute Gasteiger partial charge is 0.231 e. The third-order valence-electron chi connectivity index (χ3n) is 5.43. The molecule has 0 saturated carbocycles. The van der Waals surface area contributed by atoms with Crippen LogP contribution < -0.4 is 15.5 Å². The Bertz CT molecular complexity index is 860. The quantitative estimate of drug-likeness (QED) is 0.819. The molecule has 2 aliphatic rings. The number of morpholine rings is 1. The number of carbonyl (C=O) groups is 2. The summed E-state index contributed by atoms with van der Waals surface area (Å²) in [6.07, 6.45) is 2.76. The normalized spacial score (nSPS) is 18.8. The van der Waals surface area contributed by atoms with Crippen LogP contribution in [0.1, 0.15) is 24.0 Å². The molecular weight excluding hydrogens is 366 g/mol. The van der Waals surface area contributed by atoms with Crippen molar-refractivity contribution < 1.29 is 14.3 Å². The Morgan fingerprint density at radius 3 is 2.76 bits per heavy atom. The minimum atomic E-state index is -0.0400. The van der Waals surface area contributed by atoms with Crippen molar-refractivity contribution in [3.8, 4) is 0 Å². The Kier molecular flexibility index (Phi) is 6.22. The van der Waals surface area contributed by atoms with E-state index in [1.54, 1.807) is 0 Å². The first-order valence-electron chi connectivity index (χ1n) is 10.3. The lowest BCUT2D eigenvalue weighted by molar-refractivity contribution is -0.118. The molecule has 6 heteroatoms. The second kappa shape index (κ2) is 9.20. The molecule has 2 aliphatic heterocycles. The van der Waals surface area contributed by atoms with Gasteiger partial charge in [0.15, 0.2) is 0 Å². The van der Waals surface area contributed by atoms with Crippen molar-refractivity contribution in [2.24, 2.45) is 0 Å². The summed E-state index contributed by atoms with van der Waals surface area (Å²) in [5.74, 6) is 0.0686. The Morgan fingerprint density at radius 1 is 1.14 bits per heavy atom. The van der Waals surface area contributed by atoms with Crippen LogP contribution in [0.4, 0.5) is 11.4 Å². The zero-order valence-corrected chi connectivity index (χ0v) is 16.5. The van der Waals surface area contributed by atoms with Crippen LogP contribution in [0.5, 0.6) is 0 Å². The lowest BCUT2D eigenvalue weighted by Crippen LogP contribution is -2.43. The molecule has 2 aromatic carbocycles. The highest BCUT2D eigenvalue weighted by atomic mass is 16.5. The number of hydrogen-bond acceptors (Lipinski definition) is 4. The SMILES string of the molecule is O=C(CC1COCCN1)Nc1ccc(CC(=O)N2CCCc3ccccc32)cc1. The summed E-state index contributed by atoms with van der Waals surface area (Å²) in [5.41, 5.74) is 3.96. The van der Waals surface area contributed by atoms with Crippen LogP contribution in [0.2, 0.25) is 0 Å². The van der Waals surface area contributed by atoms with Crippen molar-refractivity contribution in [1.82, 2.24) is 5.32 Å². The van der Waals surface area contributed by atoms with E-state index in [0.717, 1.165) is 42.9 Å². The maximum absolute atomic E-state index is 12.9. The van der Waals surface area contributed by atoms with Crippen molar-refractivity contribution in [3.05, 3.63) is 59.7 Å². The van der Waals surface area contributed by atoms with Gasteiger partial charge >= 0.3 is 0 Å². The van der Waals surface area contributed by atoms with E-state index >= 15 is 0 Å². The molecule has 2 aromatic rings. The van der Waals surface area contributed by atoms with Crippen LogP contribution >= 0.6 is 0 Å². The largest absolute Gasteiger partial charge is 0.378 e. The molecule has 0 spiro atoms. The highest BCUT2D eigenvalue weighted by Crippen LogP contribution is 2.27. The van der Waals surface area contributed by atoms with E-state index in [-0.39, 0.29) is 17.9 Å². The summed E-state index contributed by atoms with van der Waals surface area (Å²) >= 11 is 0. The predicted octanol–water partition coefficient (Wildman–Crippen LogP) is 2.53. The topological polar surface area (TPSA) is 70.7 Å². The van der Waals surface area contributed by atoms with E-state index in [1.807, 2.05) is 47.4 Å². The molecule has 4 rings (SSSR count). The number of nitrogens with zero attached hydrogens (tertiary/aromatic N) is 1. The van der Waals surface area contributed by atoms with E-state index in [0.29, 0.717) is 26.1 Å². The second-order valence-corrected chi connectivity index (χ2v) is 7.63. The predicted molar refractivity (Wildman–Crippen MR) is 113 cm³/mol. The fourth-order valence-corrected chi connectivity index (χ4v) is 3.96. The summed E-state index contributed by atoms with van der Waals surface area (Å²) < 4.78 is 5.38. The molecule has 2 heterocycles. The summed E-state index contributed by atoms with van der Waals surface area (Å²) in [5, 5.41) is 6.19. The Labute approximate surface area is 171 Å². The maximum atomic E-state index is 12.9. The lowest BCUT2D eigenvalue weighted by Gasteiger charge is -2.29. The van der Waals surface area contributed by atoms with Crippen molar-refractivity contribution >= 4 is 23.2 Å². The first kappa shape index (κ1) is 19.6. The van der Waals surface area contributed by atoms with Crippen LogP contribution in [0, 0.1) is 0 Å². The van der Waals surface area contributed by atoms with Crippen molar-refractivity contribution in [2.75, 3.05) is 36.5 Å². The molecule has 0 bridgehead atoms. The van der Waals surface area contributed by atoms with Gasteiger partial charge in [0.1, 0.15) is 0 Å². The van der Waals surface area contributed by atoms with Gasteiger partial charge in [0.25, 0.3) is 0 Å². The van der Waals surface area contributed by atoms with Crippen LogP contribution in [0.3, 0.4) is 0 Å². The Balaban J connectivity index is 1.32. The zero-order valence-electron chi connectivity index (χ0n) is 16.5. The molecule has 1 unspecified atom stereocenters. The minimum absolute atomic E-state index is 0.0400. The first-order chi connectivity index (χ1) is 14.2. The number of ether oxygens (including phenoxy) is 1. The Morgan fingerprint density at radius 2 is 1.97 bits per heavy atom. The maximum Gasteiger partial charge on any atom is 0.231 e. The molecular formula is C23H27N3O3.